The number of amides is 1. The molecule has 1 aromatic carbocycles. The minimum Gasteiger partial charge on any atom is -0.326 e. The predicted molar refractivity (Wildman–Crippen MR) is 86.4 cm³/mol. The molecule has 1 aromatic rings. The second kappa shape index (κ2) is 4.34. The molecule has 4 aliphatic rings. The van der Waals surface area contributed by atoms with Gasteiger partial charge in [-0.05, 0) is 72.5 Å². The van der Waals surface area contributed by atoms with Gasteiger partial charge < -0.3 is 5.32 Å². The molecule has 3 aliphatic carbocycles. The molecule has 1 heterocycles. The molecule has 2 bridgehead atoms. The molecule has 21 heavy (non-hydrogen) atoms. The number of nitrogens with one attached hydrogen (secondary N) is 1. The monoisotopic (exact) mass is 345 g/mol. The summed E-state index contributed by atoms with van der Waals surface area (Å²) in [6.45, 7) is 0. The fourth-order valence-corrected chi connectivity index (χ4v) is 6.57. The number of alkyl halides is 1. The maximum Gasteiger partial charge on any atom is 0.224 e. The van der Waals surface area contributed by atoms with E-state index in [4.69, 9.17) is 0 Å². The zero-order valence-corrected chi connectivity index (χ0v) is 13.6. The molecule has 3 heteroatoms. The third-order valence-corrected chi connectivity index (χ3v) is 7.62. The molecule has 0 spiro atoms. The van der Waals surface area contributed by atoms with Crippen molar-refractivity contribution in [2.75, 3.05) is 5.32 Å². The maximum absolute atomic E-state index is 11.5. The van der Waals surface area contributed by atoms with E-state index in [0.717, 1.165) is 41.7 Å². The molecule has 5 rings (SSSR count). The lowest BCUT2D eigenvalue weighted by molar-refractivity contribution is -0.116. The van der Waals surface area contributed by atoms with Gasteiger partial charge in [0, 0.05) is 16.9 Å². The number of rotatable bonds is 2. The minimum atomic E-state index is 0.152. The van der Waals surface area contributed by atoms with Gasteiger partial charge in [-0.3, -0.25) is 4.79 Å². The van der Waals surface area contributed by atoms with Gasteiger partial charge in [-0.25, -0.2) is 0 Å². The summed E-state index contributed by atoms with van der Waals surface area (Å²) in [6.07, 6.45) is 6.00. The summed E-state index contributed by atoms with van der Waals surface area (Å²) in [4.78, 5) is 12.0. The summed E-state index contributed by atoms with van der Waals surface area (Å²) in [5.41, 5.74) is 3.75. The van der Waals surface area contributed by atoms with Gasteiger partial charge in [0.05, 0.1) is 0 Å². The minimum absolute atomic E-state index is 0.152. The van der Waals surface area contributed by atoms with E-state index < -0.39 is 0 Å². The Labute approximate surface area is 133 Å². The van der Waals surface area contributed by atoms with Gasteiger partial charge >= 0.3 is 0 Å². The van der Waals surface area contributed by atoms with Crippen LogP contribution >= 0.6 is 15.9 Å². The molecule has 3 fully saturated rings. The number of anilines is 1. The summed E-state index contributed by atoms with van der Waals surface area (Å²) in [5, 5.41) is 2.98. The van der Waals surface area contributed by atoms with Crippen molar-refractivity contribution in [1.29, 1.82) is 0 Å². The topological polar surface area (TPSA) is 29.1 Å². The van der Waals surface area contributed by atoms with Crippen molar-refractivity contribution in [3.8, 4) is 0 Å². The zero-order chi connectivity index (χ0) is 14.1. The van der Waals surface area contributed by atoms with E-state index in [1.54, 1.807) is 0 Å². The highest BCUT2D eigenvalue weighted by molar-refractivity contribution is 9.09. The van der Waals surface area contributed by atoms with Crippen LogP contribution in [0.2, 0.25) is 0 Å². The first-order valence-electron chi connectivity index (χ1n) is 8.29. The first kappa shape index (κ1) is 12.7. The Morgan fingerprint density at radius 3 is 2.67 bits per heavy atom. The smallest absolute Gasteiger partial charge is 0.224 e. The Kier molecular flexibility index (Phi) is 2.62. The number of hydrogen-bond donors (Lipinski definition) is 1. The van der Waals surface area contributed by atoms with Crippen LogP contribution in [0.15, 0.2) is 18.2 Å². The van der Waals surface area contributed by atoms with Crippen molar-refractivity contribution in [2.45, 2.75) is 36.9 Å². The molecular formula is C18H20BrNO. The van der Waals surface area contributed by atoms with Gasteiger partial charge in [0.1, 0.15) is 0 Å². The van der Waals surface area contributed by atoms with Crippen LogP contribution in [-0.2, 0) is 11.2 Å². The lowest BCUT2D eigenvalue weighted by Gasteiger charge is -2.20. The van der Waals surface area contributed by atoms with Crippen LogP contribution in [0, 0.1) is 29.6 Å². The van der Waals surface area contributed by atoms with Crippen molar-refractivity contribution < 1.29 is 4.79 Å². The van der Waals surface area contributed by atoms with Gasteiger partial charge in [-0.15, -0.1) is 0 Å². The zero-order valence-electron chi connectivity index (χ0n) is 12.0. The average Bonchev–Trinajstić information content (AvgIpc) is 2.93. The van der Waals surface area contributed by atoms with Gasteiger partial charge in [0.2, 0.25) is 5.91 Å². The largest absolute Gasteiger partial charge is 0.326 e. The number of hydrogen-bond acceptors (Lipinski definition) is 1. The molecule has 2 nitrogen and oxygen atoms in total. The van der Waals surface area contributed by atoms with E-state index in [9.17, 15) is 4.79 Å². The quantitative estimate of drug-likeness (QED) is 0.795. The molecule has 3 saturated carbocycles. The SMILES string of the molecule is O=C1CCc2cc(C(Br)C3C4C5CCC(C5)C43)ccc2N1. The van der Waals surface area contributed by atoms with E-state index in [1.165, 1.54) is 30.4 Å². The summed E-state index contributed by atoms with van der Waals surface area (Å²) < 4.78 is 0. The lowest BCUT2D eigenvalue weighted by atomic mass is 9.94. The van der Waals surface area contributed by atoms with Crippen LogP contribution < -0.4 is 5.32 Å². The van der Waals surface area contributed by atoms with Gasteiger partial charge in [0.25, 0.3) is 0 Å². The van der Waals surface area contributed by atoms with Gasteiger partial charge in [0.15, 0.2) is 0 Å². The summed E-state index contributed by atoms with van der Waals surface area (Å²) in [5.74, 6) is 5.09. The molecule has 0 aromatic heterocycles. The Bertz CT molecular complexity index is 612. The first-order chi connectivity index (χ1) is 10.2. The average molecular weight is 346 g/mol. The Morgan fingerprint density at radius 2 is 1.90 bits per heavy atom. The number of carbonyl (C=O) groups is 1. The van der Waals surface area contributed by atoms with Crippen LogP contribution in [0.4, 0.5) is 5.69 Å². The molecule has 110 valence electrons. The van der Waals surface area contributed by atoms with Crippen molar-refractivity contribution in [1.82, 2.24) is 0 Å². The molecule has 5 unspecified atom stereocenters. The molecule has 1 N–H and O–H groups in total. The highest BCUT2D eigenvalue weighted by Crippen LogP contribution is 2.73. The highest BCUT2D eigenvalue weighted by atomic mass is 79.9. The van der Waals surface area contributed by atoms with Crippen LogP contribution in [-0.4, -0.2) is 5.91 Å². The van der Waals surface area contributed by atoms with Crippen molar-refractivity contribution in [2.24, 2.45) is 29.6 Å². The molecular weight excluding hydrogens is 326 g/mol. The van der Waals surface area contributed by atoms with Crippen LogP contribution in [0.3, 0.4) is 0 Å². The van der Waals surface area contributed by atoms with Gasteiger partial charge in [-0.1, -0.05) is 28.1 Å². The van der Waals surface area contributed by atoms with Crippen LogP contribution in [0.5, 0.6) is 0 Å². The fraction of sp³-hybridized carbons (Fsp3) is 0.611. The van der Waals surface area contributed by atoms with Crippen molar-refractivity contribution >= 4 is 27.5 Å². The van der Waals surface area contributed by atoms with Crippen molar-refractivity contribution in [3.63, 3.8) is 0 Å². The Balaban J connectivity index is 1.40. The van der Waals surface area contributed by atoms with Crippen LogP contribution in [0.1, 0.15) is 41.6 Å². The number of aryl methyl sites for hydroxylation is 1. The maximum atomic E-state index is 11.5. The molecule has 1 aliphatic heterocycles. The fourth-order valence-electron chi connectivity index (χ4n) is 5.58. The summed E-state index contributed by atoms with van der Waals surface area (Å²) in [7, 11) is 0. The van der Waals surface area contributed by atoms with E-state index in [2.05, 4.69) is 39.4 Å². The Morgan fingerprint density at radius 1 is 1.14 bits per heavy atom. The van der Waals surface area contributed by atoms with E-state index in [-0.39, 0.29) is 5.91 Å². The number of fused-ring (bicyclic) bond motifs is 6. The summed E-state index contributed by atoms with van der Waals surface area (Å²) >= 11 is 4.00. The van der Waals surface area contributed by atoms with Crippen LogP contribution in [0.25, 0.3) is 0 Å². The Hall–Kier alpha value is -0.830. The second-order valence-corrected chi connectivity index (χ2v) is 8.42. The number of benzene rings is 1. The second-order valence-electron chi connectivity index (χ2n) is 7.43. The van der Waals surface area contributed by atoms with E-state index in [1.807, 2.05) is 0 Å². The highest BCUT2D eigenvalue weighted by Gasteiger charge is 2.66. The number of halogens is 1. The normalized spacial score (nSPS) is 40.4. The molecule has 0 saturated heterocycles. The lowest BCUT2D eigenvalue weighted by Crippen LogP contribution is -2.19. The number of carbonyl (C=O) groups excluding carboxylic acids is 1. The third kappa shape index (κ3) is 1.79. The summed E-state index contributed by atoms with van der Waals surface area (Å²) in [6, 6.07) is 6.63. The van der Waals surface area contributed by atoms with E-state index >= 15 is 0 Å². The molecule has 5 atom stereocenters. The standard InChI is InChI=1S/C18H20BrNO/c19-18(17-15-10-1-2-11(8-10)16(15)17)12-3-5-13-9(7-12)4-6-14(21)20-13/h3,5,7,10-11,15-18H,1-2,4,6,8H2,(H,20,21). The molecule has 0 radical (unpaired) electrons. The predicted octanol–water partition coefficient (Wildman–Crippen LogP) is 4.30. The van der Waals surface area contributed by atoms with E-state index in [0.29, 0.717) is 11.2 Å². The van der Waals surface area contributed by atoms with Crippen molar-refractivity contribution in [3.05, 3.63) is 29.3 Å². The van der Waals surface area contributed by atoms with Gasteiger partial charge in [-0.2, -0.15) is 0 Å². The molecule has 1 amide bonds. The first-order valence-corrected chi connectivity index (χ1v) is 9.20. The third-order valence-electron chi connectivity index (χ3n) is 6.48.